The first-order chi connectivity index (χ1) is 17.3. The van der Waals surface area contributed by atoms with Crippen LogP contribution in [0.3, 0.4) is 0 Å². The molecule has 0 aliphatic carbocycles. The second-order valence-corrected chi connectivity index (χ2v) is 8.84. The van der Waals surface area contributed by atoms with E-state index in [-0.39, 0.29) is 23.7 Å². The van der Waals surface area contributed by atoms with Crippen LogP contribution in [0.1, 0.15) is 13.8 Å². The SMILES string of the molecule is CC1CN(c2nc(N3CCOCC3)c3ccc(Nc4cc(F)c(F)cc4[N+](=O)[O-])nc3n2)CC(C)O1. The van der Waals surface area contributed by atoms with Crippen LogP contribution in [-0.2, 0) is 9.47 Å². The Morgan fingerprint density at radius 3 is 2.42 bits per heavy atom. The number of fused-ring (bicyclic) bond motifs is 1. The Hall–Kier alpha value is -3.71. The largest absolute Gasteiger partial charge is 0.378 e. The molecule has 190 valence electrons. The molecule has 13 heteroatoms. The predicted octanol–water partition coefficient (Wildman–Crippen LogP) is 3.41. The van der Waals surface area contributed by atoms with E-state index < -0.39 is 22.2 Å². The molecule has 0 bridgehead atoms. The highest BCUT2D eigenvalue weighted by Crippen LogP contribution is 2.32. The third kappa shape index (κ3) is 4.84. The number of rotatable bonds is 5. The van der Waals surface area contributed by atoms with Crippen LogP contribution in [0.15, 0.2) is 24.3 Å². The lowest BCUT2D eigenvalue weighted by Gasteiger charge is -2.36. The fourth-order valence-electron chi connectivity index (χ4n) is 4.48. The standard InChI is InChI=1S/C23H25F2N7O4/c1-13-11-31(12-14(2)36-13)23-28-21-15(22(29-23)30-5-7-35-8-6-30)3-4-20(27-21)26-18-9-16(24)17(25)10-19(18)32(33)34/h3-4,9-10,13-14H,5-8,11-12H2,1-2H3,(H,26,27,28,29). The van der Waals surface area contributed by atoms with Crippen molar-refractivity contribution in [1.29, 1.82) is 0 Å². The van der Waals surface area contributed by atoms with Crippen LogP contribution < -0.4 is 15.1 Å². The summed E-state index contributed by atoms with van der Waals surface area (Å²) in [5.74, 6) is -1.12. The Kier molecular flexibility index (Phi) is 6.49. The maximum Gasteiger partial charge on any atom is 0.295 e. The van der Waals surface area contributed by atoms with Crippen molar-refractivity contribution in [3.05, 3.63) is 46.0 Å². The van der Waals surface area contributed by atoms with Gasteiger partial charge in [0.25, 0.3) is 5.69 Å². The van der Waals surface area contributed by atoms with Crippen molar-refractivity contribution in [1.82, 2.24) is 15.0 Å². The fraction of sp³-hybridized carbons (Fsp3) is 0.435. The van der Waals surface area contributed by atoms with E-state index in [0.717, 1.165) is 6.07 Å². The smallest absolute Gasteiger partial charge is 0.295 e. The molecule has 5 rings (SSSR count). The molecular formula is C23H25F2N7O4. The number of hydrogen-bond acceptors (Lipinski definition) is 10. The molecule has 2 atom stereocenters. The third-order valence-corrected chi connectivity index (χ3v) is 6.04. The van der Waals surface area contributed by atoms with E-state index in [9.17, 15) is 18.9 Å². The summed E-state index contributed by atoms with van der Waals surface area (Å²) in [6.07, 6.45) is -0.00969. The van der Waals surface area contributed by atoms with Gasteiger partial charge >= 0.3 is 0 Å². The summed E-state index contributed by atoms with van der Waals surface area (Å²) in [5, 5.41) is 14.8. The Morgan fingerprint density at radius 2 is 1.72 bits per heavy atom. The van der Waals surface area contributed by atoms with Crippen LogP contribution in [0.4, 0.5) is 37.7 Å². The molecular weight excluding hydrogens is 476 g/mol. The molecule has 2 aromatic heterocycles. The van der Waals surface area contributed by atoms with Gasteiger partial charge in [-0.3, -0.25) is 10.1 Å². The van der Waals surface area contributed by atoms with Gasteiger partial charge in [-0.05, 0) is 26.0 Å². The number of hydrogen-bond donors (Lipinski definition) is 1. The molecule has 2 saturated heterocycles. The van der Waals surface area contributed by atoms with Crippen LogP contribution in [-0.4, -0.2) is 71.5 Å². The zero-order chi connectivity index (χ0) is 25.4. The van der Waals surface area contributed by atoms with E-state index in [2.05, 4.69) is 15.2 Å². The number of nitro groups is 1. The van der Waals surface area contributed by atoms with Crippen molar-refractivity contribution in [2.75, 3.05) is 54.5 Å². The fourth-order valence-corrected chi connectivity index (χ4v) is 4.48. The van der Waals surface area contributed by atoms with Crippen molar-refractivity contribution in [3.8, 4) is 0 Å². The quantitative estimate of drug-likeness (QED) is 0.412. The van der Waals surface area contributed by atoms with Crippen LogP contribution in [0.5, 0.6) is 0 Å². The van der Waals surface area contributed by atoms with Gasteiger partial charge in [-0.1, -0.05) is 0 Å². The Morgan fingerprint density at radius 1 is 1.03 bits per heavy atom. The van der Waals surface area contributed by atoms with Gasteiger partial charge in [0.15, 0.2) is 17.3 Å². The predicted molar refractivity (Wildman–Crippen MR) is 129 cm³/mol. The van der Waals surface area contributed by atoms with Crippen LogP contribution in [0, 0.1) is 21.7 Å². The highest BCUT2D eigenvalue weighted by molar-refractivity contribution is 5.89. The van der Waals surface area contributed by atoms with Gasteiger partial charge in [0.1, 0.15) is 17.3 Å². The summed E-state index contributed by atoms with van der Waals surface area (Å²) in [6, 6.07) is 4.63. The average Bonchev–Trinajstić information content (AvgIpc) is 2.85. The van der Waals surface area contributed by atoms with E-state index in [1.165, 1.54) is 0 Å². The van der Waals surface area contributed by atoms with E-state index in [1.807, 2.05) is 18.7 Å². The summed E-state index contributed by atoms with van der Waals surface area (Å²) in [6.45, 7) is 7.64. The van der Waals surface area contributed by atoms with Crippen molar-refractivity contribution in [2.24, 2.45) is 0 Å². The number of halogens is 2. The van der Waals surface area contributed by atoms with Gasteiger partial charge in [0.05, 0.1) is 41.8 Å². The average molecular weight is 501 g/mol. The first-order valence-corrected chi connectivity index (χ1v) is 11.6. The molecule has 2 aliphatic heterocycles. The number of nitrogens with zero attached hydrogens (tertiary/aromatic N) is 6. The lowest BCUT2D eigenvalue weighted by molar-refractivity contribution is -0.384. The van der Waals surface area contributed by atoms with Gasteiger partial charge in [-0.25, -0.2) is 13.8 Å². The second-order valence-electron chi connectivity index (χ2n) is 8.84. The molecule has 1 N–H and O–H groups in total. The van der Waals surface area contributed by atoms with E-state index in [1.54, 1.807) is 12.1 Å². The molecule has 2 unspecified atom stereocenters. The topological polar surface area (TPSA) is 119 Å². The number of morpholine rings is 2. The Balaban J connectivity index is 1.57. The van der Waals surface area contributed by atoms with Gasteiger partial charge < -0.3 is 24.6 Å². The molecule has 1 aromatic carbocycles. The van der Waals surface area contributed by atoms with Crippen molar-refractivity contribution in [3.63, 3.8) is 0 Å². The minimum Gasteiger partial charge on any atom is -0.378 e. The highest BCUT2D eigenvalue weighted by Gasteiger charge is 2.27. The minimum atomic E-state index is -1.31. The number of anilines is 4. The molecule has 2 fully saturated rings. The summed E-state index contributed by atoms with van der Waals surface area (Å²) in [7, 11) is 0. The monoisotopic (exact) mass is 501 g/mol. The Bertz CT molecular complexity index is 1300. The van der Waals surface area contributed by atoms with Crippen LogP contribution in [0.25, 0.3) is 11.0 Å². The number of aromatic nitrogens is 3. The molecule has 2 aliphatic rings. The second kappa shape index (κ2) is 9.74. The highest BCUT2D eigenvalue weighted by atomic mass is 19.2. The number of nitrogens with one attached hydrogen (secondary N) is 1. The first-order valence-electron chi connectivity index (χ1n) is 11.6. The van der Waals surface area contributed by atoms with E-state index >= 15 is 0 Å². The van der Waals surface area contributed by atoms with Gasteiger partial charge in [0.2, 0.25) is 5.95 Å². The zero-order valence-corrected chi connectivity index (χ0v) is 19.8. The molecule has 0 saturated carbocycles. The zero-order valence-electron chi connectivity index (χ0n) is 19.8. The Labute approximate surface area is 205 Å². The van der Waals surface area contributed by atoms with Crippen LogP contribution >= 0.6 is 0 Å². The molecule has 4 heterocycles. The summed E-state index contributed by atoms with van der Waals surface area (Å²) >= 11 is 0. The number of benzene rings is 1. The summed E-state index contributed by atoms with van der Waals surface area (Å²) < 4.78 is 38.8. The van der Waals surface area contributed by atoms with Gasteiger partial charge in [0, 0.05) is 32.2 Å². The van der Waals surface area contributed by atoms with E-state index in [4.69, 9.17) is 19.4 Å². The lowest BCUT2D eigenvalue weighted by atomic mass is 10.2. The molecule has 11 nitrogen and oxygen atoms in total. The number of pyridine rings is 1. The molecule has 36 heavy (non-hydrogen) atoms. The van der Waals surface area contributed by atoms with Crippen molar-refractivity contribution >= 4 is 40.0 Å². The molecule has 0 amide bonds. The van der Waals surface area contributed by atoms with Crippen molar-refractivity contribution in [2.45, 2.75) is 26.1 Å². The van der Waals surface area contributed by atoms with Gasteiger partial charge in [-0.2, -0.15) is 9.97 Å². The third-order valence-electron chi connectivity index (χ3n) is 6.04. The maximum atomic E-state index is 13.8. The lowest BCUT2D eigenvalue weighted by Crippen LogP contribution is -2.46. The molecule has 0 spiro atoms. The molecule has 3 aromatic rings. The summed E-state index contributed by atoms with van der Waals surface area (Å²) in [4.78, 5) is 28.9. The first kappa shape index (κ1) is 24.0. The van der Waals surface area contributed by atoms with Crippen LogP contribution in [0.2, 0.25) is 0 Å². The number of ether oxygens (including phenoxy) is 2. The van der Waals surface area contributed by atoms with E-state index in [0.29, 0.717) is 68.3 Å². The minimum absolute atomic E-state index is 0.00485. The summed E-state index contributed by atoms with van der Waals surface area (Å²) in [5.41, 5.74) is -0.461. The number of nitro benzene ring substituents is 1. The normalized spacial score (nSPS) is 20.6. The molecule has 0 radical (unpaired) electrons. The maximum absolute atomic E-state index is 13.8. The van der Waals surface area contributed by atoms with Gasteiger partial charge in [-0.15, -0.1) is 0 Å². The van der Waals surface area contributed by atoms with Crippen molar-refractivity contribution < 1.29 is 23.2 Å².